The second-order valence-corrected chi connectivity index (χ2v) is 7.40. The van der Waals surface area contributed by atoms with Crippen molar-refractivity contribution in [1.82, 2.24) is 9.55 Å². The first-order valence-electron chi connectivity index (χ1n) is 6.39. The summed E-state index contributed by atoms with van der Waals surface area (Å²) in [5, 5.41) is 2.02. The van der Waals surface area contributed by atoms with Crippen molar-refractivity contribution in [3.05, 3.63) is 50.4 Å². The van der Waals surface area contributed by atoms with Crippen molar-refractivity contribution in [1.29, 1.82) is 0 Å². The Hall–Kier alpha value is -0.840. The van der Waals surface area contributed by atoms with Crippen LogP contribution in [0.2, 0.25) is 0 Å². The molecule has 0 aliphatic heterocycles. The summed E-state index contributed by atoms with van der Waals surface area (Å²) >= 11 is 11.6. The van der Waals surface area contributed by atoms with Gasteiger partial charge in [0.05, 0.1) is 23.0 Å². The van der Waals surface area contributed by atoms with Crippen LogP contribution in [0.25, 0.3) is 11.0 Å². The van der Waals surface area contributed by atoms with E-state index in [0.29, 0.717) is 0 Å². The number of hydrogen-bond donors (Lipinski definition) is 0. The van der Waals surface area contributed by atoms with Crippen LogP contribution in [-0.4, -0.2) is 9.55 Å². The fourth-order valence-corrected chi connectivity index (χ4v) is 3.70. The van der Waals surface area contributed by atoms with E-state index in [-0.39, 0.29) is 5.38 Å². The van der Waals surface area contributed by atoms with Gasteiger partial charge >= 0.3 is 0 Å². The van der Waals surface area contributed by atoms with Crippen molar-refractivity contribution in [2.75, 3.05) is 0 Å². The predicted octanol–water partition coefficient (Wildman–Crippen LogP) is 5.52. The van der Waals surface area contributed by atoms with E-state index in [1.165, 1.54) is 10.4 Å². The molecule has 2 heterocycles. The Morgan fingerprint density at radius 1 is 1.40 bits per heavy atom. The van der Waals surface area contributed by atoms with Gasteiger partial charge in [0, 0.05) is 9.35 Å². The van der Waals surface area contributed by atoms with Crippen LogP contribution in [0.4, 0.5) is 0 Å². The quantitative estimate of drug-likeness (QED) is 0.556. The maximum absolute atomic E-state index is 6.31. The summed E-state index contributed by atoms with van der Waals surface area (Å²) in [6.07, 6.45) is 0. The monoisotopic (exact) mass is 368 g/mol. The van der Waals surface area contributed by atoms with Gasteiger partial charge in [-0.1, -0.05) is 15.9 Å². The SMILES string of the molecule is Cc1ccsc1Cn1c(C(C)Cl)nc2ccc(Br)cc21. The van der Waals surface area contributed by atoms with E-state index < -0.39 is 0 Å². The number of aromatic nitrogens is 2. The van der Waals surface area contributed by atoms with E-state index in [4.69, 9.17) is 11.6 Å². The number of benzene rings is 1. The second kappa shape index (κ2) is 5.51. The lowest BCUT2D eigenvalue weighted by Crippen LogP contribution is -2.05. The standard InChI is InChI=1S/C15H14BrClN2S/c1-9-5-6-20-14(9)8-19-13-7-11(16)3-4-12(13)18-15(19)10(2)17/h3-7,10H,8H2,1-2H3. The number of fused-ring (bicyclic) bond motifs is 1. The lowest BCUT2D eigenvalue weighted by atomic mass is 10.2. The van der Waals surface area contributed by atoms with Gasteiger partial charge in [0.25, 0.3) is 0 Å². The molecule has 1 atom stereocenters. The van der Waals surface area contributed by atoms with Gasteiger partial charge in [0.15, 0.2) is 0 Å². The van der Waals surface area contributed by atoms with E-state index in [0.717, 1.165) is 27.9 Å². The third-order valence-corrected chi connectivity index (χ3v) is 5.06. The molecule has 0 saturated carbocycles. The summed E-state index contributed by atoms with van der Waals surface area (Å²) in [4.78, 5) is 6.03. The normalized spacial score (nSPS) is 13.0. The van der Waals surface area contributed by atoms with Gasteiger partial charge in [-0.25, -0.2) is 4.98 Å². The van der Waals surface area contributed by atoms with Crippen LogP contribution in [-0.2, 0) is 6.54 Å². The molecular weight excluding hydrogens is 356 g/mol. The number of aryl methyl sites for hydroxylation is 1. The van der Waals surface area contributed by atoms with E-state index in [9.17, 15) is 0 Å². The molecule has 0 saturated heterocycles. The van der Waals surface area contributed by atoms with E-state index in [2.05, 4.69) is 49.9 Å². The summed E-state index contributed by atoms with van der Waals surface area (Å²) in [5.74, 6) is 0.924. The van der Waals surface area contributed by atoms with Crippen molar-refractivity contribution < 1.29 is 0 Å². The van der Waals surface area contributed by atoms with Crippen molar-refractivity contribution in [3.8, 4) is 0 Å². The van der Waals surface area contributed by atoms with Crippen LogP contribution in [0.5, 0.6) is 0 Å². The number of imidazole rings is 1. The van der Waals surface area contributed by atoms with Crippen LogP contribution in [0.15, 0.2) is 34.1 Å². The molecule has 104 valence electrons. The third-order valence-electron chi connectivity index (χ3n) is 3.37. The Morgan fingerprint density at radius 2 is 2.20 bits per heavy atom. The van der Waals surface area contributed by atoms with Gasteiger partial charge in [-0.2, -0.15) is 0 Å². The molecule has 3 aromatic rings. The van der Waals surface area contributed by atoms with E-state index in [1.807, 2.05) is 19.1 Å². The zero-order chi connectivity index (χ0) is 14.3. The predicted molar refractivity (Wildman–Crippen MR) is 89.9 cm³/mol. The lowest BCUT2D eigenvalue weighted by molar-refractivity contribution is 0.748. The molecule has 0 amide bonds. The fourth-order valence-electron chi connectivity index (χ4n) is 2.29. The minimum Gasteiger partial charge on any atom is -0.321 e. The molecule has 0 spiro atoms. The van der Waals surface area contributed by atoms with E-state index >= 15 is 0 Å². The maximum atomic E-state index is 6.31. The first-order chi connectivity index (χ1) is 9.56. The van der Waals surface area contributed by atoms with Gasteiger partial charge in [0.1, 0.15) is 5.82 Å². The van der Waals surface area contributed by atoms with Crippen molar-refractivity contribution in [2.24, 2.45) is 0 Å². The molecule has 20 heavy (non-hydrogen) atoms. The molecule has 0 aliphatic carbocycles. The zero-order valence-corrected chi connectivity index (χ0v) is 14.4. The van der Waals surface area contributed by atoms with Crippen LogP contribution in [0.3, 0.4) is 0 Å². The molecule has 0 fully saturated rings. The van der Waals surface area contributed by atoms with Crippen LogP contribution < -0.4 is 0 Å². The molecule has 0 radical (unpaired) electrons. The summed E-state index contributed by atoms with van der Waals surface area (Å²) in [7, 11) is 0. The largest absolute Gasteiger partial charge is 0.321 e. The van der Waals surface area contributed by atoms with Crippen molar-refractivity contribution >= 4 is 49.9 Å². The highest BCUT2D eigenvalue weighted by atomic mass is 79.9. The molecule has 1 aromatic carbocycles. The maximum Gasteiger partial charge on any atom is 0.128 e. The van der Waals surface area contributed by atoms with Gasteiger partial charge in [0.2, 0.25) is 0 Å². The molecule has 3 rings (SSSR count). The molecular formula is C15H14BrClN2S. The fraction of sp³-hybridized carbons (Fsp3) is 0.267. The molecule has 0 bridgehead atoms. The van der Waals surface area contributed by atoms with Gasteiger partial charge in [-0.3, -0.25) is 0 Å². The topological polar surface area (TPSA) is 17.8 Å². The Morgan fingerprint density at radius 3 is 2.85 bits per heavy atom. The average molecular weight is 370 g/mol. The van der Waals surface area contributed by atoms with Gasteiger partial charge in [-0.05, 0) is 49.1 Å². The number of alkyl halides is 1. The lowest BCUT2D eigenvalue weighted by Gasteiger charge is -2.10. The zero-order valence-electron chi connectivity index (χ0n) is 11.2. The number of rotatable bonds is 3. The molecule has 0 N–H and O–H groups in total. The Bertz CT molecular complexity index is 760. The average Bonchev–Trinajstić information content (AvgIpc) is 2.95. The first kappa shape index (κ1) is 14.1. The van der Waals surface area contributed by atoms with Gasteiger partial charge < -0.3 is 4.57 Å². The number of thiophene rings is 1. The molecule has 5 heteroatoms. The molecule has 1 unspecified atom stereocenters. The third kappa shape index (κ3) is 2.52. The molecule has 2 aromatic heterocycles. The van der Waals surface area contributed by atoms with Crippen molar-refractivity contribution in [2.45, 2.75) is 25.8 Å². The Balaban J connectivity index is 2.18. The summed E-state index contributed by atoms with van der Waals surface area (Å²) in [6.45, 7) is 4.93. The minimum atomic E-state index is -0.110. The smallest absolute Gasteiger partial charge is 0.128 e. The van der Waals surface area contributed by atoms with Crippen molar-refractivity contribution in [3.63, 3.8) is 0 Å². The first-order valence-corrected chi connectivity index (χ1v) is 8.50. The van der Waals surface area contributed by atoms with Crippen LogP contribution >= 0.6 is 38.9 Å². The Labute approximate surface area is 135 Å². The number of nitrogens with zero attached hydrogens (tertiary/aromatic N) is 2. The Kier molecular flexibility index (Phi) is 3.89. The molecule has 0 aliphatic rings. The second-order valence-electron chi connectivity index (χ2n) is 4.83. The highest BCUT2D eigenvalue weighted by Crippen LogP contribution is 2.29. The molecule has 2 nitrogen and oxygen atoms in total. The summed E-state index contributed by atoms with van der Waals surface area (Å²) < 4.78 is 3.28. The van der Waals surface area contributed by atoms with Gasteiger partial charge in [-0.15, -0.1) is 22.9 Å². The van der Waals surface area contributed by atoms with E-state index in [1.54, 1.807) is 11.3 Å². The number of halogens is 2. The minimum absolute atomic E-state index is 0.110. The summed E-state index contributed by atoms with van der Waals surface area (Å²) in [5.41, 5.74) is 3.43. The summed E-state index contributed by atoms with van der Waals surface area (Å²) in [6, 6.07) is 8.30. The highest BCUT2D eigenvalue weighted by molar-refractivity contribution is 9.10. The van der Waals surface area contributed by atoms with Crippen LogP contribution in [0.1, 0.15) is 28.6 Å². The number of hydrogen-bond acceptors (Lipinski definition) is 2. The highest BCUT2D eigenvalue weighted by Gasteiger charge is 2.16. The van der Waals surface area contributed by atoms with Crippen LogP contribution in [0, 0.1) is 6.92 Å².